The van der Waals surface area contributed by atoms with Gasteiger partial charge in [0.15, 0.2) is 0 Å². The predicted octanol–water partition coefficient (Wildman–Crippen LogP) is 2.03. The van der Waals surface area contributed by atoms with Gasteiger partial charge >= 0.3 is 0 Å². The van der Waals surface area contributed by atoms with Crippen LogP contribution in [0.4, 0.5) is 10.1 Å². The van der Waals surface area contributed by atoms with Crippen LogP contribution in [0.5, 0.6) is 0 Å². The molecule has 0 radical (unpaired) electrons. The first-order chi connectivity index (χ1) is 14.0. The maximum absolute atomic E-state index is 13.9. The molecule has 0 atom stereocenters. The van der Waals surface area contributed by atoms with Crippen LogP contribution >= 0.6 is 0 Å². The largest absolute Gasteiger partial charge is 0.367 e. The highest BCUT2D eigenvalue weighted by atomic mass is 32.2. The first-order valence-electron chi connectivity index (χ1n) is 9.73. The standard InChI is InChI=1S/C21H26FN3O3S/c22-19-9-4-5-10-20(19)24-12-14-25(15-13-24)29(27,28)16-6-11-23-21(26)17-18-7-2-1-3-8-18/h1-5,7-10H,6,11-17H2,(H,23,26). The summed E-state index contributed by atoms with van der Waals surface area (Å²) >= 11 is 0. The minimum Gasteiger partial charge on any atom is -0.367 e. The van der Waals surface area contributed by atoms with E-state index in [9.17, 15) is 17.6 Å². The molecule has 0 aliphatic carbocycles. The summed E-state index contributed by atoms with van der Waals surface area (Å²) in [5, 5.41) is 2.77. The average Bonchev–Trinajstić information content (AvgIpc) is 2.72. The van der Waals surface area contributed by atoms with Crippen molar-refractivity contribution in [3.05, 3.63) is 66.0 Å². The number of piperazine rings is 1. The first kappa shape index (κ1) is 21.3. The molecule has 0 spiro atoms. The molecule has 0 bridgehead atoms. The van der Waals surface area contributed by atoms with E-state index in [0.29, 0.717) is 44.8 Å². The van der Waals surface area contributed by atoms with Gasteiger partial charge in [0, 0.05) is 32.7 Å². The molecule has 1 fully saturated rings. The summed E-state index contributed by atoms with van der Waals surface area (Å²) in [6.45, 7) is 1.89. The molecular formula is C21H26FN3O3S. The van der Waals surface area contributed by atoms with E-state index >= 15 is 0 Å². The molecular weight excluding hydrogens is 393 g/mol. The summed E-state index contributed by atoms with van der Waals surface area (Å²) < 4.78 is 40.5. The van der Waals surface area contributed by atoms with Crippen molar-refractivity contribution >= 4 is 21.6 Å². The molecule has 29 heavy (non-hydrogen) atoms. The van der Waals surface area contributed by atoms with Gasteiger partial charge in [-0.05, 0) is 24.1 Å². The number of nitrogens with zero attached hydrogens (tertiary/aromatic N) is 2. The van der Waals surface area contributed by atoms with Crippen LogP contribution in [0, 0.1) is 5.82 Å². The van der Waals surface area contributed by atoms with Crippen molar-refractivity contribution < 1.29 is 17.6 Å². The van der Waals surface area contributed by atoms with Gasteiger partial charge in [-0.2, -0.15) is 4.31 Å². The normalized spacial score (nSPS) is 15.3. The minimum absolute atomic E-state index is 0.0156. The van der Waals surface area contributed by atoms with E-state index in [4.69, 9.17) is 0 Å². The molecule has 1 aliphatic heterocycles. The highest BCUT2D eigenvalue weighted by Gasteiger charge is 2.27. The molecule has 1 amide bonds. The van der Waals surface area contributed by atoms with Crippen LogP contribution in [-0.2, 0) is 21.2 Å². The monoisotopic (exact) mass is 419 g/mol. The Balaban J connectivity index is 1.40. The van der Waals surface area contributed by atoms with E-state index in [1.807, 2.05) is 35.2 Å². The van der Waals surface area contributed by atoms with Gasteiger partial charge in [0.1, 0.15) is 5.82 Å². The summed E-state index contributed by atoms with van der Waals surface area (Å²) in [7, 11) is -3.39. The van der Waals surface area contributed by atoms with Crippen molar-refractivity contribution in [3.63, 3.8) is 0 Å². The second-order valence-electron chi connectivity index (χ2n) is 7.02. The van der Waals surface area contributed by atoms with Gasteiger partial charge in [0.2, 0.25) is 15.9 Å². The molecule has 156 valence electrons. The van der Waals surface area contributed by atoms with E-state index in [1.165, 1.54) is 10.4 Å². The molecule has 0 unspecified atom stereocenters. The lowest BCUT2D eigenvalue weighted by Gasteiger charge is -2.35. The number of para-hydroxylation sites is 1. The number of hydrogen-bond acceptors (Lipinski definition) is 4. The van der Waals surface area contributed by atoms with E-state index in [2.05, 4.69) is 5.32 Å². The number of carbonyl (C=O) groups is 1. The second-order valence-corrected chi connectivity index (χ2v) is 9.11. The van der Waals surface area contributed by atoms with Gasteiger partial charge in [-0.25, -0.2) is 12.8 Å². The molecule has 6 nitrogen and oxygen atoms in total. The number of hydrogen-bond donors (Lipinski definition) is 1. The Morgan fingerprint density at radius 2 is 1.62 bits per heavy atom. The summed E-state index contributed by atoms with van der Waals surface area (Å²) in [5.74, 6) is -0.430. The van der Waals surface area contributed by atoms with Crippen molar-refractivity contribution in [2.75, 3.05) is 43.4 Å². The van der Waals surface area contributed by atoms with Crippen molar-refractivity contribution in [2.24, 2.45) is 0 Å². The van der Waals surface area contributed by atoms with Crippen molar-refractivity contribution in [1.29, 1.82) is 0 Å². The molecule has 0 aromatic heterocycles. The predicted molar refractivity (Wildman–Crippen MR) is 112 cm³/mol. The lowest BCUT2D eigenvalue weighted by atomic mass is 10.1. The van der Waals surface area contributed by atoms with Crippen LogP contribution in [0.15, 0.2) is 54.6 Å². The third-order valence-corrected chi connectivity index (χ3v) is 6.89. The zero-order chi connectivity index (χ0) is 20.7. The lowest BCUT2D eigenvalue weighted by Crippen LogP contribution is -2.49. The van der Waals surface area contributed by atoms with Crippen LogP contribution < -0.4 is 10.2 Å². The van der Waals surface area contributed by atoms with Crippen molar-refractivity contribution in [2.45, 2.75) is 12.8 Å². The highest BCUT2D eigenvalue weighted by molar-refractivity contribution is 7.89. The molecule has 1 N–H and O–H groups in total. The molecule has 1 aliphatic rings. The van der Waals surface area contributed by atoms with Crippen LogP contribution in [-0.4, -0.2) is 57.1 Å². The topological polar surface area (TPSA) is 69.7 Å². The Kier molecular flexibility index (Phi) is 7.22. The molecule has 1 heterocycles. The second kappa shape index (κ2) is 9.84. The fourth-order valence-corrected chi connectivity index (χ4v) is 4.86. The average molecular weight is 420 g/mol. The smallest absolute Gasteiger partial charge is 0.224 e. The van der Waals surface area contributed by atoms with Crippen LogP contribution in [0.25, 0.3) is 0 Å². The minimum atomic E-state index is -3.39. The van der Waals surface area contributed by atoms with E-state index in [-0.39, 0.29) is 23.9 Å². The maximum atomic E-state index is 13.9. The van der Waals surface area contributed by atoms with E-state index < -0.39 is 10.0 Å². The fourth-order valence-electron chi connectivity index (χ4n) is 3.37. The van der Waals surface area contributed by atoms with E-state index in [1.54, 1.807) is 18.2 Å². The third kappa shape index (κ3) is 6.01. The number of benzene rings is 2. The molecule has 2 aromatic carbocycles. The molecule has 1 saturated heterocycles. The lowest BCUT2D eigenvalue weighted by molar-refractivity contribution is -0.120. The number of nitrogens with one attached hydrogen (secondary N) is 1. The van der Waals surface area contributed by atoms with Gasteiger partial charge in [0.25, 0.3) is 0 Å². The summed E-state index contributed by atoms with van der Waals surface area (Å²) in [5.41, 5.74) is 1.43. The molecule has 0 saturated carbocycles. The van der Waals surface area contributed by atoms with Gasteiger partial charge < -0.3 is 10.2 Å². The number of amides is 1. The molecule has 2 aromatic rings. The molecule has 8 heteroatoms. The van der Waals surface area contributed by atoms with Crippen LogP contribution in [0.2, 0.25) is 0 Å². The van der Waals surface area contributed by atoms with Gasteiger partial charge in [-0.1, -0.05) is 42.5 Å². The Morgan fingerprint density at radius 1 is 0.966 bits per heavy atom. The number of halogens is 1. The maximum Gasteiger partial charge on any atom is 0.224 e. The van der Waals surface area contributed by atoms with Gasteiger partial charge in [-0.15, -0.1) is 0 Å². The van der Waals surface area contributed by atoms with Crippen molar-refractivity contribution in [1.82, 2.24) is 9.62 Å². The Hall–Kier alpha value is -2.45. The van der Waals surface area contributed by atoms with Crippen LogP contribution in [0.3, 0.4) is 0 Å². The van der Waals surface area contributed by atoms with Gasteiger partial charge in [-0.3, -0.25) is 4.79 Å². The Labute approximate surface area is 171 Å². The first-order valence-corrected chi connectivity index (χ1v) is 11.3. The number of sulfonamides is 1. The Bertz CT molecular complexity index is 914. The fraction of sp³-hybridized carbons (Fsp3) is 0.381. The number of carbonyl (C=O) groups excluding carboxylic acids is 1. The number of rotatable bonds is 8. The van der Waals surface area contributed by atoms with E-state index in [0.717, 1.165) is 5.56 Å². The zero-order valence-electron chi connectivity index (χ0n) is 16.3. The zero-order valence-corrected chi connectivity index (χ0v) is 17.1. The van der Waals surface area contributed by atoms with Crippen molar-refractivity contribution in [3.8, 4) is 0 Å². The van der Waals surface area contributed by atoms with Gasteiger partial charge in [0.05, 0.1) is 17.9 Å². The SMILES string of the molecule is O=C(Cc1ccccc1)NCCCS(=O)(=O)N1CCN(c2ccccc2F)CC1. The Morgan fingerprint density at radius 3 is 2.31 bits per heavy atom. The molecule has 3 rings (SSSR count). The highest BCUT2D eigenvalue weighted by Crippen LogP contribution is 2.21. The summed E-state index contributed by atoms with van der Waals surface area (Å²) in [4.78, 5) is 13.8. The summed E-state index contributed by atoms with van der Waals surface area (Å²) in [6.07, 6.45) is 0.641. The number of anilines is 1. The quantitative estimate of drug-likeness (QED) is 0.665. The summed E-state index contributed by atoms with van der Waals surface area (Å²) in [6, 6.07) is 15.9. The third-order valence-electron chi connectivity index (χ3n) is 4.93. The van der Waals surface area contributed by atoms with Crippen LogP contribution in [0.1, 0.15) is 12.0 Å².